The van der Waals surface area contributed by atoms with Crippen molar-refractivity contribution in [1.29, 1.82) is 0 Å². The molecule has 2 aromatic rings. The van der Waals surface area contributed by atoms with Gasteiger partial charge in [0, 0.05) is 23.5 Å². The van der Waals surface area contributed by atoms with Gasteiger partial charge in [-0.05, 0) is 61.0 Å². The van der Waals surface area contributed by atoms with Crippen LogP contribution in [0, 0.1) is 13.8 Å². The number of hydrogen-bond donors (Lipinski definition) is 0. The van der Waals surface area contributed by atoms with Crippen LogP contribution in [0.1, 0.15) is 39.0 Å². The Bertz CT molecular complexity index is 780. The van der Waals surface area contributed by atoms with E-state index in [0.29, 0.717) is 21.3 Å². The number of rotatable bonds is 6. The van der Waals surface area contributed by atoms with Gasteiger partial charge in [-0.25, -0.2) is 4.79 Å². The molecule has 0 unspecified atom stereocenters. The van der Waals surface area contributed by atoms with E-state index in [1.807, 2.05) is 26.8 Å². The Morgan fingerprint density at radius 2 is 1.92 bits per heavy atom. The van der Waals surface area contributed by atoms with E-state index >= 15 is 0 Å². The summed E-state index contributed by atoms with van der Waals surface area (Å²) in [4.78, 5) is 23.9. The first-order valence-electron chi connectivity index (χ1n) is 7.59. The molecule has 2 rings (SSSR count). The number of aromatic nitrogens is 1. The maximum Gasteiger partial charge on any atom is 0.337 e. The van der Waals surface area contributed by atoms with Gasteiger partial charge in [-0.15, -0.1) is 0 Å². The third-order valence-corrected chi connectivity index (χ3v) is 4.52. The number of benzene rings is 1. The second-order valence-corrected chi connectivity index (χ2v) is 6.23. The number of nitrogens with zero attached hydrogens (tertiary/aromatic N) is 1. The standard InChI is InChI=1S/C18H20BrNO4/c1-5-20-11(2)8-14(12(20)3)16(21)10-24-17-7-6-13(9-15(17)19)18(22)23-4/h6-9H,5,10H2,1-4H3. The van der Waals surface area contributed by atoms with Gasteiger partial charge < -0.3 is 14.0 Å². The molecule has 0 N–H and O–H groups in total. The summed E-state index contributed by atoms with van der Waals surface area (Å²) in [6.07, 6.45) is 0. The lowest BCUT2D eigenvalue weighted by molar-refractivity contribution is 0.0600. The first-order valence-corrected chi connectivity index (χ1v) is 8.38. The van der Waals surface area contributed by atoms with E-state index in [9.17, 15) is 9.59 Å². The number of carbonyl (C=O) groups is 2. The van der Waals surface area contributed by atoms with Gasteiger partial charge >= 0.3 is 5.97 Å². The largest absolute Gasteiger partial charge is 0.484 e. The highest BCUT2D eigenvalue weighted by Crippen LogP contribution is 2.26. The molecule has 6 heteroatoms. The summed E-state index contributed by atoms with van der Waals surface area (Å²) < 4.78 is 13.0. The average Bonchev–Trinajstić information content (AvgIpc) is 2.86. The fourth-order valence-corrected chi connectivity index (χ4v) is 3.15. The minimum Gasteiger partial charge on any atom is -0.484 e. The molecule has 128 valence electrons. The zero-order valence-electron chi connectivity index (χ0n) is 14.2. The van der Waals surface area contributed by atoms with Crippen molar-refractivity contribution in [1.82, 2.24) is 4.57 Å². The van der Waals surface area contributed by atoms with Gasteiger partial charge in [-0.1, -0.05) is 0 Å². The van der Waals surface area contributed by atoms with Crippen LogP contribution in [-0.4, -0.2) is 30.0 Å². The van der Waals surface area contributed by atoms with Crippen molar-refractivity contribution in [2.75, 3.05) is 13.7 Å². The number of ether oxygens (including phenoxy) is 2. The first-order chi connectivity index (χ1) is 11.4. The predicted octanol–water partition coefficient (Wildman–Crippen LogP) is 3.94. The number of hydrogen-bond acceptors (Lipinski definition) is 4. The molecular formula is C18H20BrNO4. The van der Waals surface area contributed by atoms with Crippen molar-refractivity contribution in [3.05, 3.63) is 51.3 Å². The van der Waals surface area contributed by atoms with E-state index in [4.69, 9.17) is 4.74 Å². The number of halogens is 1. The number of carbonyl (C=O) groups excluding carboxylic acids is 2. The molecule has 0 aliphatic rings. The number of ketones is 1. The van der Waals surface area contributed by atoms with Gasteiger partial charge in [0.1, 0.15) is 5.75 Å². The third-order valence-electron chi connectivity index (χ3n) is 3.90. The topological polar surface area (TPSA) is 57.5 Å². The maximum absolute atomic E-state index is 12.4. The lowest BCUT2D eigenvalue weighted by Crippen LogP contribution is -2.13. The van der Waals surface area contributed by atoms with Crippen molar-refractivity contribution in [3.63, 3.8) is 0 Å². The smallest absolute Gasteiger partial charge is 0.337 e. The van der Waals surface area contributed by atoms with E-state index in [0.717, 1.165) is 17.9 Å². The normalized spacial score (nSPS) is 10.5. The zero-order chi connectivity index (χ0) is 17.9. The summed E-state index contributed by atoms with van der Waals surface area (Å²) in [5.74, 6) is -0.00243. The fourth-order valence-electron chi connectivity index (χ4n) is 2.65. The predicted molar refractivity (Wildman–Crippen MR) is 94.9 cm³/mol. The number of aryl methyl sites for hydroxylation is 1. The van der Waals surface area contributed by atoms with Crippen molar-refractivity contribution in [2.24, 2.45) is 0 Å². The number of esters is 1. The molecular weight excluding hydrogens is 374 g/mol. The highest BCUT2D eigenvalue weighted by molar-refractivity contribution is 9.10. The lowest BCUT2D eigenvalue weighted by atomic mass is 10.1. The number of methoxy groups -OCH3 is 1. The van der Waals surface area contributed by atoms with Gasteiger partial charge in [0.15, 0.2) is 6.61 Å². The molecule has 0 saturated carbocycles. The van der Waals surface area contributed by atoms with Crippen molar-refractivity contribution in [3.8, 4) is 5.75 Å². The Morgan fingerprint density at radius 3 is 2.46 bits per heavy atom. The first kappa shape index (κ1) is 18.3. The quantitative estimate of drug-likeness (QED) is 0.550. The molecule has 1 aromatic carbocycles. The number of Topliss-reactive ketones (excluding diaryl/α,β-unsaturated/α-hetero) is 1. The van der Waals surface area contributed by atoms with Crippen molar-refractivity contribution in [2.45, 2.75) is 27.3 Å². The van der Waals surface area contributed by atoms with Crippen LogP contribution in [0.4, 0.5) is 0 Å². The van der Waals surface area contributed by atoms with Gasteiger partial charge in [-0.2, -0.15) is 0 Å². The Morgan fingerprint density at radius 1 is 1.21 bits per heavy atom. The van der Waals surface area contributed by atoms with E-state index in [1.54, 1.807) is 18.2 Å². The molecule has 0 spiro atoms. The highest BCUT2D eigenvalue weighted by Gasteiger charge is 2.16. The average molecular weight is 394 g/mol. The van der Waals surface area contributed by atoms with Crippen molar-refractivity contribution < 1.29 is 19.1 Å². The monoisotopic (exact) mass is 393 g/mol. The summed E-state index contributed by atoms with van der Waals surface area (Å²) in [7, 11) is 1.33. The van der Waals surface area contributed by atoms with Gasteiger partial charge in [0.05, 0.1) is 17.1 Å². The van der Waals surface area contributed by atoms with E-state index in [2.05, 4.69) is 25.2 Å². The van der Waals surface area contributed by atoms with E-state index < -0.39 is 5.97 Å². The summed E-state index contributed by atoms with van der Waals surface area (Å²) >= 11 is 3.34. The van der Waals surface area contributed by atoms with Crippen LogP contribution in [0.15, 0.2) is 28.7 Å². The minimum atomic E-state index is -0.426. The molecule has 0 radical (unpaired) electrons. The van der Waals surface area contributed by atoms with Crippen LogP contribution in [0.3, 0.4) is 0 Å². The Labute approximate surface area is 149 Å². The van der Waals surface area contributed by atoms with E-state index in [1.165, 1.54) is 7.11 Å². The zero-order valence-corrected chi connectivity index (χ0v) is 15.8. The summed E-state index contributed by atoms with van der Waals surface area (Å²) in [6.45, 7) is 6.72. The van der Waals surface area contributed by atoms with Crippen LogP contribution >= 0.6 is 15.9 Å². The molecule has 0 aliphatic carbocycles. The molecule has 1 heterocycles. The SMILES string of the molecule is CCn1c(C)cc(C(=O)COc2ccc(C(=O)OC)cc2Br)c1C. The molecule has 0 bridgehead atoms. The van der Waals surface area contributed by atoms with Gasteiger partial charge in [0.25, 0.3) is 0 Å². The Hall–Kier alpha value is -2.08. The molecule has 1 aromatic heterocycles. The second kappa shape index (κ2) is 7.66. The minimum absolute atomic E-state index is 0.0653. The molecule has 5 nitrogen and oxygen atoms in total. The lowest BCUT2D eigenvalue weighted by Gasteiger charge is -2.09. The van der Waals surface area contributed by atoms with Crippen molar-refractivity contribution >= 4 is 27.7 Å². The highest BCUT2D eigenvalue weighted by atomic mass is 79.9. The molecule has 0 fully saturated rings. The molecule has 0 aliphatic heterocycles. The molecule has 24 heavy (non-hydrogen) atoms. The Balaban J connectivity index is 2.11. The van der Waals surface area contributed by atoms with Crippen LogP contribution in [0.2, 0.25) is 0 Å². The fraction of sp³-hybridized carbons (Fsp3) is 0.333. The van der Waals surface area contributed by atoms with Gasteiger partial charge in [0.2, 0.25) is 5.78 Å². The Kier molecular flexibility index (Phi) is 5.83. The van der Waals surface area contributed by atoms with Crippen LogP contribution in [0.25, 0.3) is 0 Å². The maximum atomic E-state index is 12.4. The van der Waals surface area contributed by atoms with Crippen LogP contribution in [-0.2, 0) is 11.3 Å². The second-order valence-electron chi connectivity index (χ2n) is 5.38. The molecule has 0 amide bonds. The van der Waals surface area contributed by atoms with Crippen LogP contribution in [0.5, 0.6) is 5.75 Å². The summed E-state index contributed by atoms with van der Waals surface area (Å²) in [6, 6.07) is 6.73. The summed E-state index contributed by atoms with van der Waals surface area (Å²) in [5.41, 5.74) is 3.09. The van der Waals surface area contributed by atoms with Crippen LogP contribution < -0.4 is 4.74 Å². The third kappa shape index (κ3) is 3.70. The molecule has 0 saturated heterocycles. The summed E-state index contributed by atoms with van der Waals surface area (Å²) in [5, 5.41) is 0. The molecule has 0 atom stereocenters. The van der Waals surface area contributed by atoms with E-state index in [-0.39, 0.29) is 12.4 Å². The van der Waals surface area contributed by atoms with Gasteiger partial charge in [-0.3, -0.25) is 4.79 Å².